The highest BCUT2D eigenvalue weighted by Crippen LogP contribution is 2.33. The van der Waals surface area contributed by atoms with E-state index in [9.17, 15) is 0 Å². The van der Waals surface area contributed by atoms with E-state index in [1.54, 1.807) is 0 Å². The highest BCUT2D eigenvalue weighted by Gasteiger charge is 2.28. The van der Waals surface area contributed by atoms with Crippen molar-refractivity contribution in [1.29, 1.82) is 0 Å². The molecule has 0 radical (unpaired) electrons. The van der Waals surface area contributed by atoms with Gasteiger partial charge in [0.25, 0.3) is 0 Å². The van der Waals surface area contributed by atoms with Crippen molar-refractivity contribution >= 4 is 27.5 Å². The lowest BCUT2D eigenvalue weighted by molar-refractivity contribution is 0.0979. The lowest BCUT2D eigenvalue weighted by atomic mass is 9.86. The molecule has 2 nitrogen and oxygen atoms in total. The number of rotatable bonds is 3. The van der Waals surface area contributed by atoms with E-state index in [4.69, 9.17) is 17.3 Å². The van der Waals surface area contributed by atoms with Crippen LogP contribution in [0.4, 0.5) is 0 Å². The van der Waals surface area contributed by atoms with E-state index in [-0.39, 0.29) is 0 Å². The quantitative estimate of drug-likeness (QED) is 0.894. The Morgan fingerprint density at radius 3 is 2.89 bits per heavy atom. The molecule has 1 saturated heterocycles. The molecule has 2 rings (SSSR count). The van der Waals surface area contributed by atoms with E-state index in [1.165, 1.54) is 12.0 Å². The number of nitrogens with zero attached hydrogens (tertiary/aromatic N) is 1. The van der Waals surface area contributed by atoms with Gasteiger partial charge in [-0.05, 0) is 56.0 Å². The summed E-state index contributed by atoms with van der Waals surface area (Å²) in [5, 5.41) is 0.838. The van der Waals surface area contributed by atoms with Crippen LogP contribution in [0.3, 0.4) is 0 Å². The van der Waals surface area contributed by atoms with Gasteiger partial charge in [0, 0.05) is 22.1 Å². The minimum atomic E-state index is 0.349. The maximum atomic E-state index is 6.36. The van der Waals surface area contributed by atoms with Crippen LogP contribution in [0.15, 0.2) is 22.7 Å². The van der Waals surface area contributed by atoms with E-state index in [1.807, 2.05) is 6.07 Å². The number of hydrogen-bond donors (Lipinski definition) is 1. The maximum Gasteiger partial charge on any atom is 0.0464 e. The molecule has 1 heterocycles. The van der Waals surface area contributed by atoms with Crippen LogP contribution in [0.1, 0.15) is 31.9 Å². The highest BCUT2D eigenvalue weighted by molar-refractivity contribution is 9.10. The zero-order valence-corrected chi connectivity index (χ0v) is 13.9. The summed E-state index contributed by atoms with van der Waals surface area (Å²) in [6.45, 7) is 7.53. The van der Waals surface area contributed by atoms with Crippen LogP contribution in [0, 0.1) is 11.8 Å². The topological polar surface area (TPSA) is 29.3 Å². The average molecular weight is 346 g/mol. The summed E-state index contributed by atoms with van der Waals surface area (Å²) in [5.41, 5.74) is 7.09. The number of halogens is 2. The molecule has 0 saturated carbocycles. The summed E-state index contributed by atoms with van der Waals surface area (Å²) in [6, 6.07) is 6.50. The Balaban J connectivity index is 2.13. The molecule has 106 valence electrons. The Bertz CT molecular complexity index is 438. The van der Waals surface area contributed by atoms with Crippen LogP contribution >= 0.6 is 27.5 Å². The number of piperidine rings is 1. The third-order valence-electron chi connectivity index (χ3n) is 4.41. The molecular formula is C15H22BrClN2. The summed E-state index contributed by atoms with van der Waals surface area (Å²) in [4.78, 5) is 2.51. The Labute approximate surface area is 129 Å². The Morgan fingerprint density at radius 2 is 2.26 bits per heavy atom. The molecule has 3 unspecified atom stereocenters. The maximum absolute atomic E-state index is 6.36. The van der Waals surface area contributed by atoms with Gasteiger partial charge in [0.15, 0.2) is 0 Å². The Hall–Kier alpha value is -0.0900. The van der Waals surface area contributed by atoms with Crippen molar-refractivity contribution in [3.05, 3.63) is 33.3 Å². The molecule has 0 bridgehead atoms. The third-order valence-corrected chi connectivity index (χ3v) is 5.23. The van der Waals surface area contributed by atoms with Gasteiger partial charge in [0.2, 0.25) is 0 Å². The largest absolute Gasteiger partial charge is 0.330 e. The number of hydrogen-bond acceptors (Lipinski definition) is 2. The molecule has 0 aliphatic carbocycles. The zero-order chi connectivity index (χ0) is 14.0. The van der Waals surface area contributed by atoms with Crippen LogP contribution in [0.2, 0.25) is 5.02 Å². The lowest BCUT2D eigenvalue weighted by Gasteiger charge is -2.40. The molecule has 1 fully saturated rings. The predicted molar refractivity (Wildman–Crippen MR) is 85.5 cm³/mol. The fourth-order valence-corrected chi connectivity index (χ4v) is 3.70. The minimum absolute atomic E-state index is 0.349. The second-order valence-electron chi connectivity index (χ2n) is 5.60. The average Bonchev–Trinajstić information content (AvgIpc) is 2.38. The second-order valence-corrected chi connectivity index (χ2v) is 6.92. The molecular weight excluding hydrogens is 324 g/mol. The van der Waals surface area contributed by atoms with Crippen LogP contribution in [-0.4, -0.2) is 24.5 Å². The summed E-state index contributed by atoms with van der Waals surface area (Å²) in [7, 11) is 0. The van der Waals surface area contributed by atoms with Gasteiger partial charge in [0.1, 0.15) is 0 Å². The van der Waals surface area contributed by atoms with E-state index < -0.39 is 0 Å². The molecule has 1 aliphatic heterocycles. The number of likely N-dealkylation sites (tertiary alicyclic amines) is 1. The monoisotopic (exact) mass is 344 g/mol. The second kappa shape index (κ2) is 6.57. The first kappa shape index (κ1) is 15.3. The minimum Gasteiger partial charge on any atom is -0.330 e. The van der Waals surface area contributed by atoms with Crippen molar-refractivity contribution in [2.45, 2.75) is 26.3 Å². The fourth-order valence-electron chi connectivity index (χ4n) is 2.87. The molecule has 1 aromatic rings. The van der Waals surface area contributed by atoms with Crippen molar-refractivity contribution < 1.29 is 0 Å². The van der Waals surface area contributed by atoms with E-state index in [2.05, 4.69) is 46.8 Å². The van der Waals surface area contributed by atoms with E-state index >= 15 is 0 Å². The highest BCUT2D eigenvalue weighted by atomic mass is 79.9. The van der Waals surface area contributed by atoms with Crippen molar-refractivity contribution in [1.82, 2.24) is 4.90 Å². The van der Waals surface area contributed by atoms with Gasteiger partial charge < -0.3 is 5.73 Å². The van der Waals surface area contributed by atoms with E-state index in [0.29, 0.717) is 12.0 Å². The molecule has 4 heteroatoms. The van der Waals surface area contributed by atoms with Gasteiger partial charge in [-0.3, -0.25) is 4.90 Å². The number of benzene rings is 1. The van der Waals surface area contributed by atoms with E-state index in [0.717, 1.165) is 35.0 Å². The predicted octanol–water partition coefficient (Wildman–Crippen LogP) is 4.08. The van der Waals surface area contributed by atoms with Crippen LogP contribution < -0.4 is 5.73 Å². The van der Waals surface area contributed by atoms with Crippen LogP contribution in [0.5, 0.6) is 0 Å². The van der Waals surface area contributed by atoms with Gasteiger partial charge in [-0.15, -0.1) is 0 Å². The molecule has 1 aliphatic rings. The lowest BCUT2D eigenvalue weighted by Crippen LogP contribution is -2.43. The smallest absolute Gasteiger partial charge is 0.0464 e. The van der Waals surface area contributed by atoms with Gasteiger partial charge in [-0.2, -0.15) is 0 Å². The molecule has 0 spiro atoms. The SMILES string of the molecule is CC1CCN(C(C)c2ccc(Br)cc2Cl)CC1CN. The van der Waals surface area contributed by atoms with Gasteiger partial charge in [0.05, 0.1) is 0 Å². The Kier molecular flexibility index (Phi) is 5.29. The summed E-state index contributed by atoms with van der Waals surface area (Å²) >= 11 is 9.82. The van der Waals surface area contributed by atoms with Crippen molar-refractivity contribution in [2.75, 3.05) is 19.6 Å². The molecule has 1 aromatic carbocycles. The Morgan fingerprint density at radius 1 is 1.53 bits per heavy atom. The molecule has 2 N–H and O–H groups in total. The summed E-state index contributed by atoms with van der Waals surface area (Å²) in [6.07, 6.45) is 1.22. The summed E-state index contributed by atoms with van der Waals surface area (Å²) in [5.74, 6) is 1.33. The summed E-state index contributed by atoms with van der Waals surface area (Å²) < 4.78 is 1.03. The van der Waals surface area contributed by atoms with Gasteiger partial charge in [-0.1, -0.05) is 40.5 Å². The molecule has 0 amide bonds. The fraction of sp³-hybridized carbons (Fsp3) is 0.600. The third kappa shape index (κ3) is 3.52. The zero-order valence-electron chi connectivity index (χ0n) is 11.6. The molecule has 0 aromatic heterocycles. The van der Waals surface area contributed by atoms with Gasteiger partial charge >= 0.3 is 0 Å². The molecule has 3 atom stereocenters. The number of nitrogens with two attached hydrogens (primary N) is 1. The first-order valence-electron chi connectivity index (χ1n) is 6.92. The standard InChI is InChI=1S/C15H22BrClN2/c1-10-5-6-19(9-12(10)8-18)11(2)14-4-3-13(16)7-15(14)17/h3-4,7,10-12H,5-6,8-9,18H2,1-2H3. The molecule has 19 heavy (non-hydrogen) atoms. The first-order valence-corrected chi connectivity index (χ1v) is 8.09. The normalized spacial score (nSPS) is 26.4. The van der Waals surface area contributed by atoms with Crippen molar-refractivity contribution in [3.63, 3.8) is 0 Å². The van der Waals surface area contributed by atoms with Crippen LogP contribution in [0.25, 0.3) is 0 Å². The van der Waals surface area contributed by atoms with Gasteiger partial charge in [-0.25, -0.2) is 0 Å². The van der Waals surface area contributed by atoms with Crippen molar-refractivity contribution in [3.8, 4) is 0 Å². The van der Waals surface area contributed by atoms with Crippen molar-refractivity contribution in [2.24, 2.45) is 17.6 Å². The first-order chi connectivity index (χ1) is 9.02. The van der Waals surface area contributed by atoms with Crippen LogP contribution in [-0.2, 0) is 0 Å².